The predicted molar refractivity (Wildman–Crippen MR) is 121 cm³/mol. The summed E-state index contributed by atoms with van der Waals surface area (Å²) in [6.45, 7) is 7.22. The molecule has 1 amide bonds. The van der Waals surface area contributed by atoms with Gasteiger partial charge in [-0.2, -0.15) is 9.78 Å². The molecule has 1 N–H and O–H groups in total. The van der Waals surface area contributed by atoms with Gasteiger partial charge in [-0.3, -0.25) is 4.79 Å². The van der Waals surface area contributed by atoms with Crippen LogP contribution in [0.2, 0.25) is 10.0 Å². The zero-order chi connectivity index (χ0) is 22.1. The van der Waals surface area contributed by atoms with Crippen LogP contribution < -0.4 is 10.2 Å². The van der Waals surface area contributed by atoms with Gasteiger partial charge in [-0.25, -0.2) is 15.0 Å². The minimum absolute atomic E-state index is 0.0489. The molecule has 0 saturated carbocycles. The quantitative estimate of drug-likeness (QED) is 0.630. The van der Waals surface area contributed by atoms with Gasteiger partial charge < -0.3 is 10.2 Å². The van der Waals surface area contributed by atoms with E-state index >= 15 is 0 Å². The highest BCUT2D eigenvalue weighted by Gasteiger charge is 2.27. The van der Waals surface area contributed by atoms with Crippen molar-refractivity contribution in [2.45, 2.75) is 33.6 Å². The summed E-state index contributed by atoms with van der Waals surface area (Å²) in [6.07, 6.45) is 2.93. The third kappa shape index (κ3) is 4.80. The molecule has 4 heterocycles. The van der Waals surface area contributed by atoms with Gasteiger partial charge in [0.2, 0.25) is 11.9 Å². The van der Waals surface area contributed by atoms with Crippen LogP contribution in [0.5, 0.6) is 0 Å². The molecule has 0 bridgehead atoms. The van der Waals surface area contributed by atoms with E-state index in [9.17, 15) is 4.79 Å². The van der Waals surface area contributed by atoms with Crippen LogP contribution in [0.15, 0.2) is 24.4 Å². The van der Waals surface area contributed by atoms with Crippen LogP contribution >= 0.6 is 23.2 Å². The summed E-state index contributed by atoms with van der Waals surface area (Å²) >= 11 is 12.2. The zero-order valence-electron chi connectivity index (χ0n) is 17.6. The van der Waals surface area contributed by atoms with Crippen molar-refractivity contribution in [3.05, 3.63) is 51.5 Å². The van der Waals surface area contributed by atoms with Crippen molar-refractivity contribution in [2.75, 3.05) is 23.3 Å². The SMILES string of the molecule is Cc1cc(C)nc(N2CCC(C(=O)Nc3cc(C)nn3-c3ncc(Cl)cc3Cl)CC2)n1. The second kappa shape index (κ2) is 8.80. The fourth-order valence-corrected chi connectivity index (χ4v) is 4.19. The number of aromatic nitrogens is 5. The lowest BCUT2D eigenvalue weighted by molar-refractivity contribution is -0.120. The molecule has 1 aliphatic rings. The van der Waals surface area contributed by atoms with Gasteiger partial charge in [-0.1, -0.05) is 23.2 Å². The van der Waals surface area contributed by atoms with E-state index in [1.165, 1.54) is 10.9 Å². The number of rotatable bonds is 4. The largest absolute Gasteiger partial charge is 0.341 e. The summed E-state index contributed by atoms with van der Waals surface area (Å²) < 4.78 is 1.53. The third-order valence-electron chi connectivity index (χ3n) is 5.19. The van der Waals surface area contributed by atoms with Gasteiger partial charge in [-0.15, -0.1) is 0 Å². The molecule has 0 unspecified atom stereocenters. The van der Waals surface area contributed by atoms with E-state index in [0.29, 0.717) is 21.7 Å². The molecule has 0 aromatic carbocycles. The first-order chi connectivity index (χ1) is 14.8. The minimum atomic E-state index is -0.112. The van der Waals surface area contributed by atoms with E-state index in [4.69, 9.17) is 23.2 Å². The van der Waals surface area contributed by atoms with E-state index in [0.717, 1.165) is 49.0 Å². The average molecular weight is 460 g/mol. The number of nitrogens with one attached hydrogen (secondary N) is 1. The van der Waals surface area contributed by atoms with Crippen LogP contribution in [0.25, 0.3) is 5.82 Å². The first-order valence-electron chi connectivity index (χ1n) is 10.1. The molecular weight excluding hydrogens is 437 g/mol. The van der Waals surface area contributed by atoms with Gasteiger partial charge in [0.25, 0.3) is 0 Å². The van der Waals surface area contributed by atoms with E-state index in [-0.39, 0.29) is 11.8 Å². The van der Waals surface area contributed by atoms with E-state index in [1.807, 2.05) is 26.8 Å². The van der Waals surface area contributed by atoms with Gasteiger partial charge in [0, 0.05) is 42.7 Å². The number of hydrogen-bond donors (Lipinski definition) is 1. The number of anilines is 2. The number of carbonyl (C=O) groups excluding carboxylic acids is 1. The highest BCUT2D eigenvalue weighted by atomic mass is 35.5. The Morgan fingerprint density at radius 2 is 1.71 bits per heavy atom. The van der Waals surface area contributed by atoms with Crippen molar-refractivity contribution in [1.29, 1.82) is 0 Å². The molecule has 0 radical (unpaired) electrons. The lowest BCUT2D eigenvalue weighted by Crippen LogP contribution is -2.39. The van der Waals surface area contributed by atoms with Gasteiger partial charge in [-0.05, 0) is 45.7 Å². The summed E-state index contributed by atoms with van der Waals surface area (Å²) in [5.74, 6) is 1.51. The highest BCUT2D eigenvalue weighted by molar-refractivity contribution is 6.35. The lowest BCUT2D eigenvalue weighted by Gasteiger charge is -2.31. The van der Waals surface area contributed by atoms with Crippen LogP contribution in [-0.2, 0) is 4.79 Å². The summed E-state index contributed by atoms with van der Waals surface area (Å²) in [7, 11) is 0. The summed E-state index contributed by atoms with van der Waals surface area (Å²) in [5, 5.41) is 8.21. The Morgan fingerprint density at radius 1 is 1.03 bits per heavy atom. The molecule has 4 rings (SSSR count). The van der Waals surface area contributed by atoms with Crippen molar-refractivity contribution in [3.8, 4) is 5.82 Å². The number of hydrogen-bond acceptors (Lipinski definition) is 6. The normalized spacial score (nSPS) is 14.7. The maximum absolute atomic E-state index is 13.0. The smallest absolute Gasteiger partial charge is 0.228 e. The topological polar surface area (TPSA) is 88.8 Å². The molecule has 1 aliphatic heterocycles. The Balaban J connectivity index is 1.45. The molecule has 0 atom stereocenters. The van der Waals surface area contributed by atoms with Gasteiger partial charge >= 0.3 is 0 Å². The average Bonchev–Trinajstić information content (AvgIpc) is 3.07. The Bertz CT molecular complexity index is 1100. The van der Waals surface area contributed by atoms with Crippen LogP contribution in [0.1, 0.15) is 29.9 Å². The standard InChI is InChI=1S/C21H23Cl2N7O/c1-12-8-13(2)26-21(25-12)29-6-4-15(5-7-29)20(31)27-18-9-14(3)28-30(18)19-17(23)10-16(22)11-24-19/h8-11,15H,4-7H2,1-3H3,(H,27,31). The van der Waals surface area contributed by atoms with Crippen molar-refractivity contribution in [2.24, 2.45) is 5.92 Å². The molecular formula is C21H23Cl2N7O. The van der Waals surface area contributed by atoms with E-state index in [1.54, 1.807) is 12.1 Å². The lowest BCUT2D eigenvalue weighted by atomic mass is 9.96. The molecule has 3 aromatic heterocycles. The molecule has 162 valence electrons. The molecule has 0 spiro atoms. The Morgan fingerprint density at radius 3 is 2.35 bits per heavy atom. The highest BCUT2D eigenvalue weighted by Crippen LogP contribution is 2.27. The van der Waals surface area contributed by atoms with Gasteiger partial charge in [0.15, 0.2) is 5.82 Å². The molecule has 1 fully saturated rings. The number of amides is 1. The fourth-order valence-electron chi connectivity index (χ4n) is 3.73. The summed E-state index contributed by atoms with van der Waals surface area (Å²) in [4.78, 5) is 28.4. The van der Waals surface area contributed by atoms with Crippen LogP contribution in [0, 0.1) is 26.7 Å². The van der Waals surface area contributed by atoms with Crippen LogP contribution in [0.3, 0.4) is 0 Å². The maximum atomic E-state index is 13.0. The van der Waals surface area contributed by atoms with E-state index < -0.39 is 0 Å². The molecule has 8 nitrogen and oxygen atoms in total. The monoisotopic (exact) mass is 459 g/mol. The predicted octanol–water partition coefficient (Wildman–Crippen LogP) is 4.14. The first-order valence-corrected chi connectivity index (χ1v) is 10.8. The second-order valence-electron chi connectivity index (χ2n) is 7.74. The van der Waals surface area contributed by atoms with Crippen LogP contribution in [0.4, 0.5) is 11.8 Å². The van der Waals surface area contributed by atoms with Crippen LogP contribution in [-0.4, -0.2) is 43.7 Å². The molecule has 0 aliphatic carbocycles. The van der Waals surface area contributed by atoms with E-state index in [2.05, 4.69) is 30.3 Å². The third-order valence-corrected chi connectivity index (χ3v) is 5.68. The fraction of sp³-hybridized carbons (Fsp3) is 0.381. The number of carbonyl (C=O) groups is 1. The number of aryl methyl sites for hydroxylation is 3. The minimum Gasteiger partial charge on any atom is -0.341 e. The maximum Gasteiger partial charge on any atom is 0.228 e. The molecule has 1 saturated heterocycles. The van der Waals surface area contributed by atoms with Gasteiger partial charge in [0.1, 0.15) is 5.82 Å². The first kappa shape index (κ1) is 21.5. The number of pyridine rings is 1. The molecule has 3 aromatic rings. The molecule has 10 heteroatoms. The van der Waals surface area contributed by atoms with Crippen molar-refractivity contribution < 1.29 is 4.79 Å². The Hall–Kier alpha value is -2.71. The zero-order valence-corrected chi connectivity index (χ0v) is 19.1. The summed E-state index contributed by atoms with van der Waals surface area (Å²) in [5.41, 5.74) is 2.63. The number of halogens is 2. The van der Waals surface area contributed by atoms with Gasteiger partial charge in [0.05, 0.1) is 15.7 Å². The van der Waals surface area contributed by atoms with Crippen molar-refractivity contribution in [1.82, 2.24) is 24.7 Å². The van der Waals surface area contributed by atoms with Crippen molar-refractivity contribution >= 4 is 40.9 Å². The Labute approximate surface area is 190 Å². The Kier molecular flexibility index (Phi) is 6.11. The summed E-state index contributed by atoms with van der Waals surface area (Å²) in [6, 6.07) is 5.35. The second-order valence-corrected chi connectivity index (χ2v) is 8.59. The van der Waals surface area contributed by atoms with Crippen molar-refractivity contribution in [3.63, 3.8) is 0 Å². The molecule has 31 heavy (non-hydrogen) atoms. The number of nitrogens with zero attached hydrogens (tertiary/aromatic N) is 6. The number of piperidine rings is 1.